The fraction of sp³-hybridized carbons (Fsp3) is 0.931. The van der Waals surface area contributed by atoms with E-state index in [1.807, 2.05) is 0 Å². The molecule has 0 unspecified atom stereocenters. The molecule has 0 amide bonds. The van der Waals surface area contributed by atoms with E-state index in [2.05, 4.69) is 13.8 Å². The quantitative estimate of drug-likeness (QED) is 0.0998. The van der Waals surface area contributed by atoms with Crippen molar-refractivity contribution >= 4 is 11.6 Å². The highest BCUT2D eigenvalue weighted by atomic mass is 16.1. The molecule has 0 atom stereocenters. The van der Waals surface area contributed by atoms with Gasteiger partial charge in [-0.25, -0.2) is 0 Å². The maximum absolute atomic E-state index is 12.0. The molecular weight excluding hydrogens is 380 g/mol. The van der Waals surface area contributed by atoms with Crippen molar-refractivity contribution in [3.8, 4) is 0 Å². The largest absolute Gasteiger partial charge is 0.299 e. The van der Waals surface area contributed by atoms with Crippen molar-refractivity contribution in [3.05, 3.63) is 0 Å². The lowest BCUT2D eigenvalue weighted by Crippen LogP contribution is -2.07. The first kappa shape index (κ1) is 30.3. The number of rotatable bonds is 26. The third-order valence-electron chi connectivity index (χ3n) is 6.51. The highest BCUT2D eigenvalue weighted by Gasteiger charge is 2.09. The van der Waals surface area contributed by atoms with Crippen LogP contribution in [0.1, 0.15) is 174 Å². The Balaban J connectivity index is 3.30. The first-order valence-corrected chi connectivity index (χ1v) is 14.2. The van der Waals surface area contributed by atoms with E-state index in [9.17, 15) is 9.59 Å². The molecule has 0 fully saturated rings. The molecule has 0 aromatic carbocycles. The van der Waals surface area contributed by atoms with E-state index in [-0.39, 0.29) is 18.0 Å². The molecule has 0 aliphatic heterocycles. The Morgan fingerprint density at radius 2 is 0.581 bits per heavy atom. The number of Topliss-reactive ketones (excluding diaryl/α,β-unsaturated/α-hetero) is 2. The summed E-state index contributed by atoms with van der Waals surface area (Å²) in [6.45, 7) is 4.53. The predicted octanol–water partition coefficient (Wildman–Crippen LogP) is 9.92. The number of carbonyl (C=O) groups is 2. The van der Waals surface area contributed by atoms with Gasteiger partial charge in [0.05, 0.1) is 6.42 Å². The van der Waals surface area contributed by atoms with E-state index in [0.29, 0.717) is 12.8 Å². The fourth-order valence-corrected chi connectivity index (χ4v) is 4.37. The topological polar surface area (TPSA) is 34.1 Å². The van der Waals surface area contributed by atoms with Crippen LogP contribution in [-0.2, 0) is 9.59 Å². The molecule has 0 aliphatic rings. The van der Waals surface area contributed by atoms with Gasteiger partial charge < -0.3 is 0 Å². The van der Waals surface area contributed by atoms with Crippen LogP contribution in [0.25, 0.3) is 0 Å². The van der Waals surface area contributed by atoms with E-state index in [1.54, 1.807) is 0 Å². The molecule has 0 spiro atoms. The van der Waals surface area contributed by atoms with Gasteiger partial charge in [-0.05, 0) is 12.8 Å². The molecule has 0 bridgehead atoms. The van der Waals surface area contributed by atoms with Gasteiger partial charge in [0, 0.05) is 12.8 Å². The van der Waals surface area contributed by atoms with Gasteiger partial charge in [-0.1, -0.05) is 142 Å². The summed E-state index contributed by atoms with van der Waals surface area (Å²) in [6.07, 6.45) is 30.0. The minimum Gasteiger partial charge on any atom is -0.299 e. The number of unbranched alkanes of at least 4 members (excludes halogenated alkanes) is 20. The standard InChI is InChI=1S/C29H56O2/c1-3-5-7-9-11-13-15-16-18-20-22-24-26-29(31)27-28(30)25-23-21-19-17-14-12-10-8-6-4-2/h3-27H2,1-2H3. The first-order chi connectivity index (χ1) is 15.2. The smallest absolute Gasteiger partial charge is 0.140 e. The summed E-state index contributed by atoms with van der Waals surface area (Å²) in [7, 11) is 0. The van der Waals surface area contributed by atoms with Crippen molar-refractivity contribution in [1.29, 1.82) is 0 Å². The van der Waals surface area contributed by atoms with E-state index < -0.39 is 0 Å². The number of carbonyl (C=O) groups excluding carboxylic acids is 2. The molecule has 31 heavy (non-hydrogen) atoms. The van der Waals surface area contributed by atoms with Gasteiger partial charge in [0.1, 0.15) is 11.6 Å². The van der Waals surface area contributed by atoms with Crippen LogP contribution >= 0.6 is 0 Å². The van der Waals surface area contributed by atoms with Crippen molar-refractivity contribution in [1.82, 2.24) is 0 Å². The minimum atomic E-state index is 0.170. The number of hydrogen-bond donors (Lipinski definition) is 0. The second-order valence-electron chi connectivity index (χ2n) is 9.83. The molecule has 0 saturated carbocycles. The van der Waals surface area contributed by atoms with Gasteiger partial charge >= 0.3 is 0 Å². The minimum absolute atomic E-state index is 0.170. The van der Waals surface area contributed by atoms with Crippen LogP contribution < -0.4 is 0 Å². The third kappa shape index (κ3) is 25.5. The summed E-state index contributed by atoms with van der Waals surface area (Å²) in [4.78, 5) is 24.0. The molecule has 0 heterocycles. The van der Waals surface area contributed by atoms with Crippen molar-refractivity contribution in [2.24, 2.45) is 0 Å². The fourth-order valence-electron chi connectivity index (χ4n) is 4.37. The van der Waals surface area contributed by atoms with Gasteiger partial charge in [-0.2, -0.15) is 0 Å². The van der Waals surface area contributed by atoms with Crippen LogP contribution in [0, 0.1) is 0 Å². The van der Waals surface area contributed by atoms with Crippen molar-refractivity contribution in [2.75, 3.05) is 0 Å². The zero-order chi connectivity index (χ0) is 22.8. The second kappa shape index (κ2) is 25.6. The van der Waals surface area contributed by atoms with E-state index in [4.69, 9.17) is 0 Å². The molecule has 184 valence electrons. The summed E-state index contributed by atoms with van der Waals surface area (Å²) in [5.41, 5.74) is 0. The van der Waals surface area contributed by atoms with Crippen LogP contribution in [0.15, 0.2) is 0 Å². The van der Waals surface area contributed by atoms with Crippen molar-refractivity contribution in [2.45, 2.75) is 174 Å². The van der Waals surface area contributed by atoms with Crippen LogP contribution in [-0.4, -0.2) is 11.6 Å². The zero-order valence-electron chi connectivity index (χ0n) is 21.5. The average molecular weight is 437 g/mol. The number of ketones is 2. The summed E-state index contributed by atoms with van der Waals surface area (Å²) in [5.74, 6) is 0.340. The normalized spacial score (nSPS) is 11.2. The molecule has 0 aromatic heterocycles. The van der Waals surface area contributed by atoms with Gasteiger partial charge in [-0.3, -0.25) is 9.59 Å². The zero-order valence-corrected chi connectivity index (χ0v) is 21.5. The maximum Gasteiger partial charge on any atom is 0.140 e. The SMILES string of the molecule is CCCCCCCCCCCCCCC(=O)CC(=O)CCCCCCCCCCCC. The lowest BCUT2D eigenvalue weighted by atomic mass is 10.0. The average Bonchev–Trinajstić information content (AvgIpc) is 2.75. The van der Waals surface area contributed by atoms with Gasteiger partial charge in [0.15, 0.2) is 0 Å². The molecule has 0 aromatic rings. The number of hydrogen-bond acceptors (Lipinski definition) is 2. The van der Waals surface area contributed by atoms with E-state index in [1.165, 1.54) is 116 Å². The van der Waals surface area contributed by atoms with Crippen molar-refractivity contribution in [3.63, 3.8) is 0 Å². The molecule has 0 radical (unpaired) electrons. The van der Waals surface area contributed by atoms with Crippen LogP contribution in [0.2, 0.25) is 0 Å². The van der Waals surface area contributed by atoms with Crippen LogP contribution in [0.4, 0.5) is 0 Å². The Morgan fingerprint density at radius 3 is 0.839 bits per heavy atom. The Bertz CT molecular complexity index is 388. The Labute approximate surface area is 195 Å². The molecule has 0 aliphatic carbocycles. The van der Waals surface area contributed by atoms with Gasteiger partial charge in [0.2, 0.25) is 0 Å². The molecule has 0 rings (SSSR count). The van der Waals surface area contributed by atoms with Gasteiger partial charge in [0.25, 0.3) is 0 Å². The summed E-state index contributed by atoms with van der Waals surface area (Å²) in [5, 5.41) is 0. The third-order valence-corrected chi connectivity index (χ3v) is 6.51. The Hall–Kier alpha value is -0.660. The van der Waals surface area contributed by atoms with E-state index >= 15 is 0 Å². The summed E-state index contributed by atoms with van der Waals surface area (Å²) < 4.78 is 0. The monoisotopic (exact) mass is 436 g/mol. The highest BCUT2D eigenvalue weighted by molar-refractivity contribution is 5.98. The highest BCUT2D eigenvalue weighted by Crippen LogP contribution is 2.14. The molecule has 2 nitrogen and oxygen atoms in total. The molecular formula is C29H56O2. The lowest BCUT2D eigenvalue weighted by Gasteiger charge is -2.04. The van der Waals surface area contributed by atoms with E-state index in [0.717, 1.165) is 25.7 Å². The molecule has 0 N–H and O–H groups in total. The van der Waals surface area contributed by atoms with Gasteiger partial charge in [-0.15, -0.1) is 0 Å². The predicted molar refractivity (Wildman–Crippen MR) is 137 cm³/mol. The van der Waals surface area contributed by atoms with Crippen LogP contribution in [0.3, 0.4) is 0 Å². The lowest BCUT2D eigenvalue weighted by molar-refractivity contribution is -0.127. The maximum atomic E-state index is 12.0. The second-order valence-corrected chi connectivity index (χ2v) is 9.83. The van der Waals surface area contributed by atoms with Crippen molar-refractivity contribution < 1.29 is 9.59 Å². The Kier molecular flexibility index (Phi) is 25.1. The summed E-state index contributed by atoms with van der Waals surface area (Å²) >= 11 is 0. The molecule has 0 saturated heterocycles. The van der Waals surface area contributed by atoms with Crippen LogP contribution in [0.5, 0.6) is 0 Å². The molecule has 2 heteroatoms. The Morgan fingerprint density at radius 1 is 0.355 bits per heavy atom. The summed E-state index contributed by atoms with van der Waals surface area (Å²) in [6, 6.07) is 0. The first-order valence-electron chi connectivity index (χ1n) is 14.2.